The molecule has 1 aliphatic heterocycles. The van der Waals surface area contributed by atoms with Crippen LogP contribution in [0.5, 0.6) is 5.75 Å². The molecule has 4 atom stereocenters. The Labute approximate surface area is 212 Å². The van der Waals surface area contributed by atoms with Crippen LogP contribution >= 0.6 is 11.6 Å². The fourth-order valence-corrected chi connectivity index (χ4v) is 6.51. The number of aryl methyl sites for hydroxylation is 1. The van der Waals surface area contributed by atoms with Gasteiger partial charge in [-0.2, -0.15) is 0 Å². The standard InChI is InChI=1S/C29H34ClNO4/c1-3-5-26(32)23-10-7-21(23)16-31-17-29(13-4-6-19-14-22(30)9-11-24(19)29)18-35-27-12-8-20(15-25(27)31)28(33)34-2/h3,8-9,11-12,14-15,21,23,26,32H,1,4-7,10,13,16-18H2,2H3/t21-,23+,26-,29?/m0/s1. The minimum absolute atomic E-state index is 0.165. The lowest BCUT2D eigenvalue weighted by Crippen LogP contribution is -2.49. The summed E-state index contributed by atoms with van der Waals surface area (Å²) in [5.41, 5.74) is 3.90. The van der Waals surface area contributed by atoms with Gasteiger partial charge in [-0.3, -0.25) is 0 Å². The van der Waals surface area contributed by atoms with E-state index < -0.39 is 0 Å². The Balaban J connectivity index is 1.53. The molecule has 3 aliphatic rings. The van der Waals surface area contributed by atoms with Gasteiger partial charge in [0.2, 0.25) is 0 Å². The number of halogens is 1. The second kappa shape index (κ2) is 9.87. The molecule has 1 fully saturated rings. The smallest absolute Gasteiger partial charge is 0.337 e. The van der Waals surface area contributed by atoms with Crippen LogP contribution in [-0.4, -0.2) is 44.0 Å². The summed E-state index contributed by atoms with van der Waals surface area (Å²) in [6, 6.07) is 11.8. The molecule has 1 unspecified atom stereocenters. The van der Waals surface area contributed by atoms with Gasteiger partial charge in [0, 0.05) is 23.5 Å². The van der Waals surface area contributed by atoms with Gasteiger partial charge in [0.1, 0.15) is 5.75 Å². The molecule has 2 aliphatic carbocycles. The SMILES string of the molecule is C=CC[C@H](O)[C@@H]1CC[C@H]1CN1CC2(CCCc3cc(Cl)ccc32)COc2ccc(C(=O)OC)cc21. The number of fused-ring (bicyclic) bond motifs is 3. The zero-order valence-electron chi connectivity index (χ0n) is 20.3. The maximum absolute atomic E-state index is 12.3. The highest BCUT2D eigenvalue weighted by molar-refractivity contribution is 6.30. The van der Waals surface area contributed by atoms with Crippen molar-refractivity contribution in [3.05, 3.63) is 70.8 Å². The minimum Gasteiger partial charge on any atom is -0.490 e. The van der Waals surface area contributed by atoms with E-state index in [1.807, 2.05) is 18.2 Å². The zero-order valence-corrected chi connectivity index (χ0v) is 21.1. The molecule has 1 saturated carbocycles. The minimum atomic E-state index is -0.359. The quantitative estimate of drug-likeness (QED) is 0.420. The van der Waals surface area contributed by atoms with Crippen molar-refractivity contribution in [2.45, 2.75) is 50.0 Å². The molecule has 5 nitrogen and oxygen atoms in total. The number of aliphatic hydroxyl groups is 1. The number of carbonyl (C=O) groups excluding carboxylic acids is 1. The second-order valence-electron chi connectivity index (χ2n) is 10.4. The van der Waals surface area contributed by atoms with Gasteiger partial charge < -0.3 is 19.5 Å². The Bertz CT molecular complexity index is 1120. The van der Waals surface area contributed by atoms with Gasteiger partial charge in [0.05, 0.1) is 31.1 Å². The van der Waals surface area contributed by atoms with E-state index in [0.717, 1.165) is 61.7 Å². The van der Waals surface area contributed by atoms with Crippen molar-refractivity contribution in [1.82, 2.24) is 0 Å². The summed E-state index contributed by atoms with van der Waals surface area (Å²) >= 11 is 6.35. The molecule has 2 aromatic rings. The molecular formula is C29H34ClNO4. The predicted molar refractivity (Wildman–Crippen MR) is 139 cm³/mol. The molecule has 186 valence electrons. The first-order chi connectivity index (χ1) is 16.9. The molecule has 0 bridgehead atoms. The highest BCUT2D eigenvalue weighted by Crippen LogP contribution is 2.46. The Morgan fingerprint density at radius 2 is 2.20 bits per heavy atom. The molecule has 35 heavy (non-hydrogen) atoms. The van der Waals surface area contributed by atoms with Crippen molar-refractivity contribution in [3.63, 3.8) is 0 Å². The number of anilines is 1. The Morgan fingerprint density at radius 1 is 1.34 bits per heavy atom. The molecule has 2 aromatic carbocycles. The van der Waals surface area contributed by atoms with Crippen LogP contribution in [0, 0.1) is 11.8 Å². The lowest BCUT2D eigenvalue weighted by molar-refractivity contribution is 0.0178. The molecular weight excluding hydrogens is 462 g/mol. The van der Waals surface area contributed by atoms with Gasteiger partial charge in [0.25, 0.3) is 0 Å². The molecule has 0 aromatic heterocycles. The lowest BCUT2D eigenvalue weighted by atomic mass is 9.68. The molecule has 6 heteroatoms. The summed E-state index contributed by atoms with van der Waals surface area (Å²) in [5, 5.41) is 11.4. The monoisotopic (exact) mass is 495 g/mol. The third-order valence-corrected chi connectivity index (χ3v) is 8.53. The van der Waals surface area contributed by atoms with Crippen LogP contribution in [0.1, 0.15) is 53.6 Å². The summed E-state index contributed by atoms with van der Waals surface area (Å²) in [6.45, 7) is 5.98. The maximum atomic E-state index is 12.3. The number of rotatable bonds is 6. The Morgan fingerprint density at radius 3 is 2.94 bits per heavy atom. The van der Waals surface area contributed by atoms with Crippen molar-refractivity contribution < 1.29 is 19.4 Å². The van der Waals surface area contributed by atoms with Gasteiger partial charge in [-0.1, -0.05) is 23.7 Å². The van der Waals surface area contributed by atoms with Crippen LogP contribution in [0.4, 0.5) is 5.69 Å². The third-order valence-electron chi connectivity index (χ3n) is 8.29. The fourth-order valence-electron chi connectivity index (χ4n) is 6.32. The van der Waals surface area contributed by atoms with E-state index in [4.69, 9.17) is 21.1 Å². The molecule has 1 spiro atoms. The van der Waals surface area contributed by atoms with E-state index in [1.165, 1.54) is 18.2 Å². The summed E-state index contributed by atoms with van der Waals surface area (Å²) in [4.78, 5) is 14.7. The third kappa shape index (κ3) is 4.56. The molecule has 1 heterocycles. The Kier molecular flexibility index (Phi) is 6.82. The maximum Gasteiger partial charge on any atom is 0.337 e. The average Bonchev–Trinajstić information content (AvgIpc) is 2.98. The van der Waals surface area contributed by atoms with E-state index in [2.05, 4.69) is 23.6 Å². The van der Waals surface area contributed by atoms with Crippen LogP contribution in [0.15, 0.2) is 49.1 Å². The van der Waals surface area contributed by atoms with Gasteiger partial charge in [0.15, 0.2) is 0 Å². The lowest BCUT2D eigenvalue weighted by Gasteiger charge is -2.45. The molecule has 1 N–H and O–H groups in total. The summed E-state index contributed by atoms with van der Waals surface area (Å²) in [6.07, 6.45) is 7.31. The fraction of sp³-hybridized carbons (Fsp3) is 0.483. The molecule has 0 saturated heterocycles. The highest BCUT2D eigenvalue weighted by Gasteiger charge is 2.44. The van der Waals surface area contributed by atoms with Gasteiger partial charge in [-0.15, -0.1) is 6.58 Å². The van der Waals surface area contributed by atoms with Crippen molar-refractivity contribution in [2.75, 3.05) is 31.7 Å². The summed E-state index contributed by atoms with van der Waals surface area (Å²) < 4.78 is 11.5. The van der Waals surface area contributed by atoms with Crippen LogP contribution in [-0.2, 0) is 16.6 Å². The average molecular weight is 496 g/mol. The summed E-state index contributed by atoms with van der Waals surface area (Å²) in [7, 11) is 1.40. The first-order valence-corrected chi connectivity index (χ1v) is 13.0. The van der Waals surface area contributed by atoms with Crippen molar-refractivity contribution >= 4 is 23.3 Å². The van der Waals surface area contributed by atoms with E-state index in [9.17, 15) is 9.90 Å². The molecule has 5 rings (SSSR count). The normalized spacial score (nSPS) is 26.0. The van der Waals surface area contributed by atoms with Crippen molar-refractivity contribution in [2.24, 2.45) is 11.8 Å². The van der Waals surface area contributed by atoms with E-state index in [0.29, 0.717) is 24.5 Å². The summed E-state index contributed by atoms with van der Waals surface area (Å²) in [5.74, 6) is 1.08. The predicted octanol–water partition coefficient (Wildman–Crippen LogP) is 5.56. The van der Waals surface area contributed by atoms with Crippen LogP contribution < -0.4 is 9.64 Å². The largest absolute Gasteiger partial charge is 0.490 e. The number of hydrogen-bond acceptors (Lipinski definition) is 5. The Hall–Kier alpha value is -2.50. The number of benzene rings is 2. The first-order valence-electron chi connectivity index (χ1n) is 12.6. The molecule has 0 radical (unpaired) electrons. The van der Waals surface area contributed by atoms with Gasteiger partial charge >= 0.3 is 5.97 Å². The van der Waals surface area contributed by atoms with E-state index in [1.54, 1.807) is 12.1 Å². The number of nitrogens with zero attached hydrogens (tertiary/aromatic N) is 1. The highest BCUT2D eigenvalue weighted by atomic mass is 35.5. The number of methoxy groups -OCH3 is 1. The number of aliphatic hydroxyl groups excluding tert-OH is 1. The number of ether oxygens (including phenoxy) is 2. The number of esters is 1. The molecule has 0 amide bonds. The number of hydrogen-bond donors (Lipinski definition) is 1. The number of carbonyl (C=O) groups is 1. The topological polar surface area (TPSA) is 59.0 Å². The first kappa shape index (κ1) is 24.2. The second-order valence-corrected chi connectivity index (χ2v) is 10.8. The van der Waals surface area contributed by atoms with Crippen LogP contribution in [0.25, 0.3) is 0 Å². The van der Waals surface area contributed by atoms with E-state index >= 15 is 0 Å². The van der Waals surface area contributed by atoms with Crippen LogP contribution in [0.2, 0.25) is 5.02 Å². The van der Waals surface area contributed by atoms with Gasteiger partial charge in [-0.25, -0.2) is 4.79 Å². The van der Waals surface area contributed by atoms with E-state index in [-0.39, 0.29) is 23.4 Å². The zero-order chi connectivity index (χ0) is 24.6. The van der Waals surface area contributed by atoms with Crippen molar-refractivity contribution in [3.8, 4) is 5.75 Å². The van der Waals surface area contributed by atoms with Gasteiger partial charge in [-0.05, 0) is 91.8 Å². The van der Waals surface area contributed by atoms with Crippen LogP contribution in [0.3, 0.4) is 0 Å². The van der Waals surface area contributed by atoms with Crippen molar-refractivity contribution in [1.29, 1.82) is 0 Å².